The average molecular weight is 303 g/mol. The first-order valence-corrected chi connectivity index (χ1v) is 6.59. The Hall–Kier alpha value is -1.83. The summed E-state index contributed by atoms with van der Waals surface area (Å²) < 4.78 is 36.8. The third-order valence-electron chi connectivity index (χ3n) is 3.37. The van der Waals surface area contributed by atoms with Crippen LogP contribution < -0.4 is 10.9 Å². The van der Waals surface area contributed by atoms with Crippen LogP contribution in [0, 0.1) is 5.92 Å². The zero-order valence-corrected chi connectivity index (χ0v) is 11.2. The smallest absolute Gasteiger partial charge is 0.352 e. The molecule has 0 bridgehead atoms. The zero-order valence-electron chi connectivity index (χ0n) is 11.2. The molecule has 21 heavy (non-hydrogen) atoms. The molecule has 0 aliphatic carbocycles. The van der Waals surface area contributed by atoms with Gasteiger partial charge in [0.15, 0.2) is 0 Å². The molecule has 1 aliphatic heterocycles. The Labute approximate surface area is 119 Å². The number of carbonyl (C=O) groups excluding carboxylic acids is 1. The maximum atomic E-state index is 12.3. The van der Waals surface area contributed by atoms with Crippen molar-refractivity contribution < 1.29 is 18.0 Å². The highest BCUT2D eigenvalue weighted by Gasteiger charge is 2.34. The first kappa shape index (κ1) is 15.6. The van der Waals surface area contributed by atoms with Gasteiger partial charge in [-0.25, -0.2) is 0 Å². The second-order valence-electron chi connectivity index (χ2n) is 5.16. The van der Waals surface area contributed by atoms with E-state index in [-0.39, 0.29) is 17.4 Å². The van der Waals surface area contributed by atoms with Gasteiger partial charge in [-0.3, -0.25) is 14.5 Å². The molecule has 1 aromatic rings. The van der Waals surface area contributed by atoms with Crippen molar-refractivity contribution in [1.29, 1.82) is 0 Å². The Kier molecular flexibility index (Phi) is 4.66. The third-order valence-corrected chi connectivity index (χ3v) is 3.37. The van der Waals surface area contributed by atoms with Gasteiger partial charge in [-0.05, 0) is 24.9 Å². The van der Waals surface area contributed by atoms with Crippen molar-refractivity contribution in [2.45, 2.75) is 12.6 Å². The lowest BCUT2D eigenvalue weighted by atomic mass is 10.1. The number of aromatic amines is 1. The number of carbonyl (C=O) groups is 1. The summed E-state index contributed by atoms with van der Waals surface area (Å²) in [5, 5.41) is 2.67. The second-order valence-corrected chi connectivity index (χ2v) is 5.16. The largest absolute Gasteiger partial charge is 0.401 e. The number of amides is 1. The fourth-order valence-electron chi connectivity index (χ4n) is 2.37. The molecule has 5 nitrogen and oxygen atoms in total. The molecule has 2 N–H and O–H groups in total. The van der Waals surface area contributed by atoms with E-state index in [9.17, 15) is 22.8 Å². The minimum Gasteiger partial charge on any atom is -0.352 e. The van der Waals surface area contributed by atoms with Gasteiger partial charge in [0.2, 0.25) is 5.56 Å². The molecule has 1 amide bonds. The van der Waals surface area contributed by atoms with Crippen LogP contribution in [0.1, 0.15) is 16.8 Å². The molecule has 1 atom stereocenters. The Morgan fingerprint density at radius 3 is 2.81 bits per heavy atom. The lowest BCUT2D eigenvalue weighted by molar-refractivity contribution is -0.143. The maximum Gasteiger partial charge on any atom is 0.401 e. The van der Waals surface area contributed by atoms with Gasteiger partial charge < -0.3 is 10.3 Å². The van der Waals surface area contributed by atoms with Gasteiger partial charge in [0.05, 0.1) is 12.1 Å². The Bertz CT molecular complexity index is 536. The van der Waals surface area contributed by atoms with Crippen LogP contribution in [0.2, 0.25) is 0 Å². The Morgan fingerprint density at radius 1 is 1.43 bits per heavy atom. The zero-order chi connectivity index (χ0) is 15.5. The van der Waals surface area contributed by atoms with Crippen molar-refractivity contribution in [2.75, 3.05) is 26.2 Å². The maximum absolute atomic E-state index is 12.3. The van der Waals surface area contributed by atoms with E-state index in [2.05, 4.69) is 10.3 Å². The van der Waals surface area contributed by atoms with Crippen LogP contribution in [0.3, 0.4) is 0 Å². The van der Waals surface area contributed by atoms with E-state index in [1.807, 2.05) is 0 Å². The van der Waals surface area contributed by atoms with Crippen molar-refractivity contribution in [2.24, 2.45) is 5.92 Å². The third kappa shape index (κ3) is 4.89. The highest BCUT2D eigenvalue weighted by Crippen LogP contribution is 2.22. The van der Waals surface area contributed by atoms with E-state index in [1.54, 1.807) is 0 Å². The summed E-state index contributed by atoms with van der Waals surface area (Å²) in [6.45, 7) is 0.133. The molecule has 1 aliphatic rings. The fourth-order valence-corrected chi connectivity index (χ4v) is 2.37. The van der Waals surface area contributed by atoms with Crippen LogP contribution in [0.4, 0.5) is 13.2 Å². The molecule has 2 heterocycles. The van der Waals surface area contributed by atoms with Crippen LogP contribution in [0.15, 0.2) is 23.1 Å². The number of nitrogens with zero attached hydrogens (tertiary/aromatic N) is 1. The standard InChI is InChI=1S/C13H16F3N3O2/c14-13(15,16)8-19-4-3-9(7-19)5-18-12(21)10-1-2-11(20)17-6-10/h1-2,6,9H,3-5,7-8H2,(H,17,20)(H,18,21). The molecule has 116 valence electrons. The number of pyridine rings is 1. The first-order valence-electron chi connectivity index (χ1n) is 6.59. The number of halogens is 3. The average Bonchev–Trinajstić information content (AvgIpc) is 2.82. The molecule has 1 aromatic heterocycles. The van der Waals surface area contributed by atoms with E-state index in [1.165, 1.54) is 23.2 Å². The Morgan fingerprint density at radius 2 is 2.19 bits per heavy atom. The summed E-state index contributed by atoms with van der Waals surface area (Å²) in [6.07, 6.45) is -2.25. The first-order chi connectivity index (χ1) is 9.83. The van der Waals surface area contributed by atoms with E-state index in [4.69, 9.17) is 0 Å². The minimum atomic E-state index is -4.19. The molecular formula is C13H16F3N3O2. The number of hydrogen-bond donors (Lipinski definition) is 2. The molecule has 2 rings (SSSR count). The molecule has 0 aromatic carbocycles. The summed E-state index contributed by atoms with van der Waals surface area (Å²) in [5.74, 6) is -0.334. The lowest BCUT2D eigenvalue weighted by Gasteiger charge is -2.18. The van der Waals surface area contributed by atoms with Crippen molar-refractivity contribution in [3.8, 4) is 0 Å². The van der Waals surface area contributed by atoms with Gasteiger partial charge in [-0.2, -0.15) is 13.2 Å². The van der Waals surface area contributed by atoms with Crippen molar-refractivity contribution in [1.82, 2.24) is 15.2 Å². The molecular weight excluding hydrogens is 287 g/mol. The number of H-pyrrole nitrogens is 1. The van der Waals surface area contributed by atoms with Gasteiger partial charge in [-0.1, -0.05) is 0 Å². The monoisotopic (exact) mass is 303 g/mol. The van der Waals surface area contributed by atoms with Crippen LogP contribution in [-0.2, 0) is 0 Å². The predicted molar refractivity (Wildman–Crippen MR) is 70.0 cm³/mol. The topological polar surface area (TPSA) is 65.2 Å². The molecule has 0 spiro atoms. The highest BCUT2D eigenvalue weighted by atomic mass is 19.4. The van der Waals surface area contributed by atoms with E-state index in [0.29, 0.717) is 31.6 Å². The van der Waals surface area contributed by atoms with Crippen molar-refractivity contribution >= 4 is 5.91 Å². The molecule has 1 saturated heterocycles. The van der Waals surface area contributed by atoms with Gasteiger partial charge in [0.1, 0.15) is 0 Å². The van der Waals surface area contributed by atoms with Crippen LogP contribution in [0.25, 0.3) is 0 Å². The number of alkyl halides is 3. The molecule has 0 saturated carbocycles. The summed E-state index contributed by atoms with van der Waals surface area (Å²) in [6, 6.07) is 2.65. The minimum absolute atomic E-state index is 0.0130. The van der Waals surface area contributed by atoms with Gasteiger partial charge in [-0.15, -0.1) is 0 Å². The molecule has 1 unspecified atom stereocenters. The SMILES string of the molecule is O=C(NCC1CCN(CC(F)(F)F)C1)c1ccc(=O)[nH]c1. The van der Waals surface area contributed by atoms with Gasteiger partial charge >= 0.3 is 6.18 Å². The summed E-state index contributed by atoms with van der Waals surface area (Å²) in [5.41, 5.74) is 0.0184. The lowest BCUT2D eigenvalue weighted by Crippen LogP contribution is -2.34. The van der Waals surface area contributed by atoms with E-state index < -0.39 is 12.7 Å². The summed E-state index contributed by atoms with van der Waals surface area (Å²) in [7, 11) is 0. The molecule has 8 heteroatoms. The van der Waals surface area contributed by atoms with Crippen LogP contribution in [0.5, 0.6) is 0 Å². The summed E-state index contributed by atoms with van der Waals surface area (Å²) >= 11 is 0. The van der Waals surface area contributed by atoms with E-state index >= 15 is 0 Å². The quantitative estimate of drug-likeness (QED) is 0.872. The van der Waals surface area contributed by atoms with Crippen molar-refractivity contribution in [3.63, 3.8) is 0 Å². The van der Waals surface area contributed by atoms with Gasteiger partial charge in [0.25, 0.3) is 5.91 Å². The number of rotatable bonds is 4. The number of aromatic nitrogens is 1. The van der Waals surface area contributed by atoms with Crippen LogP contribution in [-0.4, -0.2) is 48.1 Å². The molecule has 0 radical (unpaired) electrons. The van der Waals surface area contributed by atoms with Gasteiger partial charge in [0, 0.05) is 25.4 Å². The number of likely N-dealkylation sites (tertiary alicyclic amines) is 1. The predicted octanol–water partition coefficient (Wildman–Crippen LogP) is 0.989. The Balaban J connectivity index is 1.78. The number of nitrogens with one attached hydrogen (secondary N) is 2. The fraction of sp³-hybridized carbons (Fsp3) is 0.538. The summed E-state index contributed by atoms with van der Waals surface area (Å²) in [4.78, 5) is 26.4. The number of hydrogen-bond acceptors (Lipinski definition) is 3. The second kappa shape index (κ2) is 6.30. The highest BCUT2D eigenvalue weighted by molar-refractivity contribution is 5.93. The molecule has 1 fully saturated rings. The normalized spacial score (nSPS) is 19.7. The van der Waals surface area contributed by atoms with E-state index in [0.717, 1.165) is 0 Å². The van der Waals surface area contributed by atoms with Crippen LogP contribution >= 0.6 is 0 Å². The van der Waals surface area contributed by atoms with Crippen molar-refractivity contribution in [3.05, 3.63) is 34.2 Å².